The second-order valence-corrected chi connectivity index (χ2v) is 11.7. The van der Waals surface area contributed by atoms with Crippen molar-refractivity contribution >= 4 is 43.6 Å². The lowest BCUT2D eigenvalue weighted by molar-refractivity contribution is 1.18. The molecule has 0 aliphatic rings. The van der Waals surface area contributed by atoms with Crippen molar-refractivity contribution < 1.29 is 0 Å². The summed E-state index contributed by atoms with van der Waals surface area (Å²) < 4.78 is 4.68. The minimum absolute atomic E-state index is 0.641. The van der Waals surface area contributed by atoms with E-state index in [0.29, 0.717) is 5.56 Å². The van der Waals surface area contributed by atoms with Gasteiger partial charge in [-0.25, -0.2) is 0 Å². The first kappa shape index (κ1) is 26.1. The highest BCUT2D eigenvalue weighted by molar-refractivity contribution is 6.10. The Hall–Kier alpha value is -6.37. The minimum atomic E-state index is 0.641. The number of fused-ring (bicyclic) bond motifs is 6. The zero-order valence-electron chi connectivity index (χ0n) is 24.9. The van der Waals surface area contributed by atoms with Crippen molar-refractivity contribution in [1.82, 2.24) is 9.13 Å². The maximum atomic E-state index is 9.84. The van der Waals surface area contributed by atoms with Gasteiger partial charge in [-0.15, -0.1) is 0 Å². The third-order valence-electron chi connectivity index (χ3n) is 9.16. The van der Waals surface area contributed by atoms with Crippen molar-refractivity contribution in [2.24, 2.45) is 0 Å². The van der Waals surface area contributed by atoms with Gasteiger partial charge in [0.05, 0.1) is 39.4 Å². The second-order valence-electron chi connectivity index (χ2n) is 11.7. The number of rotatable bonds is 4. The molecule has 9 aromatic rings. The van der Waals surface area contributed by atoms with Crippen LogP contribution in [-0.2, 0) is 0 Å². The van der Waals surface area contributed by atoms with Gasteiger partial charge in [0, 0.05) is 32.8 Å². The van der Waals surface area contributed by atoms with Gasteiger partial charge in [-0.3, -0.25) is 0 Å². The van der Waals surface area contributed by atoms with Gasteiger partial charge in [0.1, 0.15) is 0 Å². The Balaban J connectivity index is 1.17. The molecule has 0 atom stereocenters. The summed E-state index contributed by atoms with van der Waals surface area (Å²) in [5, 5.41) is 14.8. The number of benzene rings is 7. The van der Waals surface area contributed by atoms with Crippen LogP contribution in [0.1, 0.15) is 5.56 Å². The molecule has 0 amide bonds. The van der Waals surface area contributed by atoms with Crippen LogP contribution < -0.4 is 0 Å². The van der Waals surface area contributed by atoms with E-state index in [9.17, 15) is 5.26 Å². The number of aromatic nitrogens is 2. The minimum Gasteiger partial charge on any atom is -0.309 e. The van der Waals surface area contributed by atoms with Crippen LogP contribution in [-0.4, -0.2) is 9.13 Å². The van der Waals surface area contributed by atoms with Crippen LogP contribution in [0.15, 0.2) is 164 Å². The summed E-state index contributed by atoms with van der Waals surface area (Å²) in [6.45, 7) is 0. The van der Waals surface area contributed by atoms with Crippen molar-refractivity contribution in [2.45, 2.75) is 0 Å². The standard InChI is InChI=1S/C43H27N3/c44-28-29-20-25-43(46-41-18-7-3-14-36(41)37-15-4-8-19-42(37)46)38(26-29)31-23-21-30(22-24-31)32-10-9-11-33(27-32)45-39-16-5-1-12-34(39)35-13-2-6-17-40(35)45/h1-27H. The molecule has 3 nitrogen and oxygen atoms in total. The smallest absolute Gasteiger partial charge is 0.0991 e. The van der Waals surface area contributed by atoms with Gasteiger partial charge < -0.3 is 9.13 Å². The molecule has 0 radical (unpaired) electrons. The highest BCUT2D eigenvalue weighted by Gasteiger charge is 2.17. The second kappa shape index (κ2) is 10.4. The van der Waals surface area contributed by atoms with Crippen LogP contribution in [0, 0.1) is 11.3 Å². The van der Waals surface area contributed by atoms with Gasteiger partial charge in [0.25, 0.3) is 0 Å². The predicted octanol–water partition coefficient (Wildman–Crippen LogP) is 11.1. The molecule has 46 heavy (non-hydrogen) atoms. The topological polar surface area (TPSA) is 33.6 Å². The molecule has 0 aliphatic heterocycles. The molecule has 2 heterocycles. The summed E-state index contributed by atoms with van der Waals surface area (Å²) in [5.41, 5.74) is 11.9. The molecule has 3 heteroatoms. The van der Waals surface area contributed by atoms with E-state index in [0.717, 1.165) is 44.7 Å². The number of hydrogen-bond donors (Lipinski definition) is 0. The zero-order chi connectivity index (χ0) is 30.6. The lowest BCUT2D eigenvalue weighted by atomic mass is 9.97. The van der Waals surface area contributed by atoms with E-state index in [-0.39, 0.29) is 0 Å². The highest BCUT2D eigenvalue weighted by atomic mass is 15.0. The van der Waals surface area contributed by atoms with Crippen molar-refractivity contribution in [2.75, 3.05) is 0 Å². The van der Waals surface area contributed by atoms with Gasteiger partial charge >= 0.3 is 0 Å². The summed E-state index contributed by atoms with van der Waals surface area (Å²) >= 11 is 0. The molecule has 0 bridgehead atoms. The van der Waals surface area contributed by atoms with Crippen LogP contribution in [0.5, 0.6) is 0 Å². The van der Waals surface area contributed by atoms with Crippen molar-refractivity contribution in [3.63, 3.8) is 0 Å². The largest absolute Gasteiger partial charge is 0.309 e. The summed E-state index contributed by atoms with van der Waals surface area (Å²) in [5.74, 6) is 0. The van der Waals surface area contributed by atoms with Gasteiger partial charge in [-0.1, -0.05) is 109 Å². The molecule has 0 saturated heterocycles. The summed E-state index contributed by atoms with van der Waals surface area (Å²) in [6, 6.07) is 60.1. The van der Waals surface area contributed by atoms with Gasteiger partial charge in [-0.2, -0.15) is 5.26 Å². The fraction of sp³-hybridized carbons (Fsp3) is 0. The van der Waals surface area contributed by atoms with Gasteiger partial charge in [-0.05, 0) is 71.3 Å². The molecule has 7 aromatic carbocycles. The van der Waals surface area contributed by atoms with E-state index in [2.05, 4.69) is 167 Å². The molecular formula is C43H27N3. The van der Waals surface area contributed by atoms with E-state index in [1.807, 2.05) is 12.1 Å². The van der Waals surface area contributed by atoms with Crippen LogP contribution in [0.25, 0.3) is 77.2 Å². The Bertz CT molecular complexity index is 2540. The average Bonchev–Trinajstić information content (AvgIpc) is 3.65. The third-order valence-corrected chi connectivity index (χ3v) is 9.16. The molecular weight excluding hydrogens is 558 g/mol. The Morgan fingerprint density at radius 1 is 0.391 bits per heavy atom. The van der Waals surface area contributed by atoms with E-state index < -0.39 is 0 Å². The lowest BCUT2D eigenvalue weighted by Gasteiger charge is -2.15. The molecule has 0 fully saturated rings. The van der Waals surface area contributed by atoms with E-state index in [4.69, 9.17) is 0 Å². The number of para-hydroxylation sites is 4. The maximum Gasteiger partial charge on any atom is 0.0991 e. The van der Waals surface area contributed by atoms with E-state index in [1.165, 1.54) is 32.6 Å². The van der Waals surface area contributed by atoms with Crippen LogP contribution in [0.3, 0.4) is 0 Å². The Morgan fingerprint density at radius 2 is 0.891 bits per heavy atom. The quantitative estimate of drug-likeness (QED) is 0.202. The molecule has 9 rings (SSSR count). The number of hydrogen-bond acceptors (Lipinski definition) is 1. The molecule has 0 saturated carbocycles. The number of nitriles is 1. The van der Waals surface area contributed by atoms with E-state index >= 15 is 0 Å². The fourth-order valence-corrected chi connectivity index (χ4v) is 7.08. The first-order valence-corrected chi connectivity index (χ1v) is 15.5. The molecule has 0 aliphatic carbocycles. The molecule has 0 spiro atoms. The highest BCUT2D eigenvalue weighted by Crippen LogP contribution is 2.38. The van der Waals surface area contributed by atoms with Gasteiger partial charge in [0.15, 0.2) is 0 Å². The Kier molecular flexibility index (Phi) is 5.88. The van der Waals surface area contributed by atoms with Crippen LogP contribution in [0.2, 0.25) is 0 Å². The maximum absolute atomic E-state index is 9.84. The van der Waals surface area contributed by atoms with Gasteiger partial charge in [0.2, 0.25) is 0 Å². The Morgan fingerprint density at radius 3 is 1.43 bits per heavy atom. The van der Waals surface area contributed by atoms with Crippen molar-refractivity contribution in [1.29, 1.82) is 5.26 Å². The lowest BCUT2D eigenvalue weighted by Crippen LogP contribution is -1.98. The Labute approximate surface area is 266 Å². The summed E-state index contributed by atoms with van der Waals surface area (Å²) in [6.07, 6.45) is 0. The fourth-order valence-electron chi connectivity index (χ4n) is 7.08. The average molecular weight is 586 g/mol. The van der Waals surface area contributed by atoms with Crippen LogP contribution >= 0.6 is 0 Å². The summed E-state index contributed by atoms with van der Waals surface area (Å²) in [7, 11) is 0. The molecule has 0 N–H and O–H groups in total. The first-order chi connectivity index (χ1) is 22.8. The monoisotopic (exact) mass is 585 g/mol. The SMILES string of the molecule is N#Cc1ccc(-n2c3ccccc3c3ccccc32)c(-c2ccc(-c3cccc(-n4c5ccccc5c5ccccc54)c3)cc2)c1. The number of nitrogens with zero attached hydrogens (tertiary/aromatic N) is 3. The third kappa shape index (κ3) is 3.98. The predicted molar refractivity (Wildman–Crippen MR) is 191 cm³/mol. The van der Waals surface area contributed by atoms with Crippen molar-refractivity contribution in [3.05, 3.63) is 169 Å². The molecule has 2 aromatic heterocycles. The van der Waals surface area contributed by atoms with E-state index in [1.54, 1.807) is 0 Å². The molecule has 0 unspecified atom stereocenters. The summed E-state index contributed by atoms with van der Waals surface area (Å²) in [4.78, 5) is 0. The van der Waals surface area contributed by atoms with Crippen LogP contribution in [0.4, 0.5) is 0 Å². The van der Waals surface area contributed by atoms with Crippen molar-refractivity contribution in [3.8, 4) is 39.7 Å². The molecule has 214 valence electrons. The zero-order valence-corrected chi connectivity index (χ0v) is 24.9. The normalized spacial score (nSPS) is 11.5. The first-order valence-electron chi connectivity index (χ1n) is 15.5.